The van der Waals surface area contributed by atoms with Crippen molar-refractivity contribution in [1.29, 1.82) is 0 Å². The van der Waals surface area contributed by atoms with Crippen LogP contribution in [-0.4, -0.2) is 40.7 Å². The molecule has 0 bridgehead atoms. The van der Waals surface area contributed by atoms with Crippen molar-refractivity contribution in [2.24, 2.45) is 0 Å². The van der Waals surface area contributed by atoms with Crippen LogP contribution in [0.3, 0.4) is 0 Å². The van der Waals surface area contributed by atoms with Gasteiger partial charge in [0.25, 0.3) is 0 Å². The van der Waals surface area contributed by atoms with E-state index in [1.807, 2.05) is 26.2 Å². The quantitative estimate of drug-likeness (QED) is 0.896. The average Bonchev–Trinajstić information content (AvgIpc) is 2.86. The van der Waals surface area contributed by atoms with Gasteiger partial charge >= 0.3 is 6.09 Å². The number of hydrogen-bond donors (Lipinski definition) is 1. The zero-order valence-corrected chi connectivity index (χ0v) is 11.8. The predicted octanol–water partition coefficient (Wildman–Crippen LogP) is 2.56. The molecular formula is C12H19N3O2S. The Morgan fingerprint density at radius 2 is 2.39 bits per heavy atom. The van der Waals surface area contributed by atoms with Crippen LogP contribution in [-0.2, 0) is 4.74 Å². The molecule has 1 N–H and O–H groups in total. The van der Waals surface area contributed by atoms with Gasteiger partial charge in [-0.25, -0.2) is 9.78 Å². The number of thiazole rings is 1. The normalized spacial score (nSPS) is 19.9. The molecule has 0 unspecified atom stereocenters. The summed E-state index contributed by atoms with van der Waals surface area (Å²) in [6.45, 7) is 7.05. The molecule has 5 nitrogen and oxygen atoms in total. The van der Waals surface area contributed by atoms with E-state index in [0.29, 0.717) is 6.54 Å². The minimum absolute atomic E-state index is 0.231. The first-order valence-corrected chi connectivity index (χ1v) is 6.96. The highest BCUT2D eigenvalue weighted by Crippen LogP contribution is 2.19. The Morgan fingerprint density at radius 3 is 3.00 bits per heavy atom. The molecule has 1 aromatic rings. The third-order valence-corrected chi connectivity index (χ3v) is 3.30. The van der Waals surface area contributed by atoms with E-state index in [1.165, 1.54) is 0 Å². The molecule has 1 saturated heterocycles. The average molecular weight is 269 g/mol. The lowest BCUT2D eigenvalue weighted by molar-refractivity contribution is 0.0293. The van der Waals surface area contributed by atoms with Crippen LogP contribution < -0.4 is 5.32 Å². The molecule has 1 aliphatic rings. The lowest BCUT2D eigenvalue weighted by Crippen LogP contribution is -2.36. The maximum atomic E-state index is 11.9. The van der Waals surface area contributed by atoms with Gasteiger partial charge in [0.15, 0.2) is 5.13 Å². The molecule has 2 heterocycles. The molecule has 18 heavy (non-hydrogen) atoms. The molecule has 1 aliphatic heterocycles. The van der Waals surface area contributed by atoms with Crippen LogP contribution in [0, 0.1) is 0 Å². The Kier molecular flexibility index (Phi) is 3.75. The molecule has 6 heteroatoms. The first-order chi connectivity index (χ1) is 8.44. The summed E-state index contributed by atoms with van der Waals surface area (Å²) in [4.78, 5) is 17.8. The predicted molar refractivity (Wildman–Crippen MR) is 71.9 cm³/mol. The van der Waals surface area contributed by atoms with E-state index in [9.17, 15) is 4.79 Å². The van der Waals surface area contributed by atoms with Crippen molar-refractivity contribution >= 4 is 22.6 Å². The number of carbonyl (C=O) groups is 1. The summed E-state index contributed by atoms with van der Waals surface area (Å²) in [7, 11) is 0. The van der Waals surface area contributed by atoms with E-state index in [0.717, 1.165) is 18.1 Å². The van der Waals surface area contributed by atoms with Crippen LogP contribution in [0.15, 0.2) is 11.6 Å². The van der Waals surface area contributed by atoms with E-state index in [4.69, 9.17) is 4.74 Å². The molecule has 100 valence electrons. The Hall–Kier alpha value is -1.30. The molecular weight excluding hydrogens is 250 g/mol. The Morgan fingerprint density at radius 1 is 1.61 bits per heavy atom. The van der Waals surface area contributed by atoms with Gasteiger partial charge in [0, 0.05) is 30.7 Å². The number of nitrogens with one attached hydrogen (secondary N) is 1. The molecule has 0 radical (unpaired) electrons. The summed E-state index contributed by atoms with van der Waals surface area (Å²) in [6, 6.07) is 0.267. The Balaban J connectivity index is 1.83. The summed E-state index contributed by atoms with van der Waals surface area (Å²) >= 11 is 1.57. The molecule has 2 rings (SSSR count). The van der Waals surface area contributed by atoms with E-state index < -0.39 is 5.60 Å². The van der Waals surface area contributed by atoms with Gasteiger partial charge < -0.3 is 15.0 Å². The van der Waals surface area contributed by atoms with E-state index in [2.05, 4.69) is 10.3 Å². The van der Waals surface area contributed by atoms with Gasteiger partial charge in [0.05, 0.1) is 0 Å². The van der Waals surface area contributed by atoms with Crippen molar-refractivity contribution in [3.8, 4) is 0 Å². The number of anilines is 1. The van der Waals surface area contributed by atoms with Gasteiger partial charge in [-0.05, 0) is 27.2 Å². The molecule has 0 saturated carbocycles. The van der Waals surface area contributed by atoms with E-state index in [1.54, 1.807) is 22.4 Å². The number of amides is 1. The number of aromatic nitrogens is 1. The first-order valence-electron chi connectivity index (χ1n) is 6.08. The zero-order valence-electron chi connectivity index (χ0n) is 11.0. The minimum atomic E-state index is -0.433. The number of carbonyl (C=O) groups excluding carboxylic acids is 1. The monoisotopic (exact) mass is 269 g/mol. The number of ether oxygens (including phenoxy) is 1. The van der Waals surface area contributed by atoms with Gasteiger partial charge in [-0.15, -0.1) is 11.3 Å². The van der Waals surface area contributed by atoms with Crippen LogP contribution in [0.1, 0.15) is 27.2 Å². The summed E-state index contributed by atoms with van der Waals surface area (Å²) in [5, 5.41) is 6.17. The van der Waals surface area contributed by atoms with Crippen molar-refractivity contribution < 1.29 is 9.53 Å². The standard InChI is InChI=1S/C12H19N3O2S/c1-12(2,3)17-11(16)15-6-4-9(8-15)14-10-13-5-7-18-10/h5,7,9H,4,6,8H2,1-3H3,(H,13,14)/t9-/m0/s1. The molecule has 1 atom stereocenters. The van der Waals surface area contributed by atoms with Crippen LogP contribution in [0.25, 0.3) is 0 Å². The zero-order chi connectivity index (χ0) is 13.2. The lowest BCUT2D eigenvalue weighted by atomic mass is 10.2. The first kappa shape index (κ1) is 13.1. The van der Waals surface area contributed by atoms with Gasteiger partial charge in [-0.1, -0.05) is 0 Å². The van der Waals surface area contributed by atoms with Crippen molar-refractivity contribution in [3.63, 3.8) is 0 Å². The molecule has 1 fully saturated rings. The topological polar surface area (TPSA) is 54.5 Å². The van der Waals surface area contributed by atoms with Crippen molar-refractivity contribution in [2.45, 2.75) is 38.8 Å². The second-order valence-electron chi connectivity index (χ2n) is 5.39. The number of nitrogens with zero attached hydrogens (tertiary/aromatic N) is 2. The van der Waals surface area contributed by atoms with Crippen LogP contribution in [0.2, 0.25) is 0 Å². The second kappa shape index (κ2) is 5.14. The minimum Gasteiger partial charge on any atom is -0.444 e. The fraction of sp³-hybridized carbons (Fsp3) is 0.667. The van der Waals surface area contributed by atoms with Crippen molar-refractivity contribution in [3.05, 3.63) is 11.6 Å². The highest BCUT2D eigenvalue weighted by atomic mass is 32.1. The summed E-state index contributed by atoms with van der Waals surface area (Å²) in [6.07, 6.45) is 2.47. The van der Waals surface area contributed by atoms with Gasteiger partial charge in [0.1, 0.15) is 5.60 Å². The fourth-order valence-electron chi connectivity index (χ4n) is 1.84. The van der Waals surface area contributed by atoms with Gasteiger partial charge in [-0.2, -0.15) is 0 Å². The summed E-state index contributed by atoms with van der Waals surface area (Å²) < 4.78 is 5.35. The second-order valence-corrected chi connectivity index (χ2v) is 6.29. The van der Waals surface area contributed by atoms with Crippen LogP contribution in [0.4, 0.5) is 9.93 Å². The van der Waals surface area contributed by atoms with Crippen LogP contribution in [0.5, 0.6) is 0 Å². The maximum absolute atomic E-state index is 11.9. The SMILES string of the molecule is CC(C)(C)OC(=O)N1CC[C@H](Nc2nccs2)C1. The summed E-state index contributed by atoms with van der Waals surface area (Å²) in [5.41, 5.74) is -0.433. The van der Waals surface area contributed by atoms with Crippen LogP contribution >= 0.6 is 11.3 Å². The molecule has 0 aliphatic carbocycles. The van der Waals surface area contributed by atoms with Crippen molar-refractivity contribution in [2.75, 3.05) is 18.4 Å². The van der Waals surface area contributed by atoms with E-state index >= 15 is 0 Å². The van der Waals surface area contributed by atoms with Gasteiger partial charge in [-0.3, -0.25) is 0 Å². The Labute approximate surface area is 111 Å². The summed E-state index contributed by atoms with van der Waals surface area (Å²) in [5.74, 6) is 0. The number of rotatable bonds is 2. The fourth-order valence-corrected chi connectivity index (χ4v) is 2.45. The van der Waals surface area contributed by atoms with Gasteiger partial charge in [0.2, 0.25) is 0 Å². The molecule has 0 spiro atoms. The molecule has 0 aromatic carbocycles. The molecule has 1 aromatic heterocycles. The Bertz CT molecular complexity index is 400. The smallest absolute Gasteiger partial charge is 0.410 e. The maximum Gasteiger partial charge on any atom is 0.410 e. The lowest BCUT2D eigenvalue weighted by Gasteiger charge is -2.24. The third kappa shape index (κ3) is 3.60. The largest absolute Gasteiger partial charge is 0.444 e. The number of likely N-dealkylation sites (tertiary alicyclic amines) is 1. The third-order valence-electron chi connectivity index (χ3n) is 2.60. The highest BCUT2D eigenvalue weighted by Gasteiger charge is 2.29. The number of hydrogen-bond acceptors (Lipinski definition) is 5. The highest BCUT2D eigenvalue weighted by molar-refractivity contribution is 7.13. The van der Waals surface area contributed by atoms with E-state index in [-0.39, 0.29) is 12.1 Å². The molecule has 1 amide bonds. The van der Waals surface area contributed by atoms with Crippen molar-refractivity contribution in [1.82, 2.24) is 9.88 Å².